The van der Waals surface area contributed by atoms with E-state index in [0.29, 0.717) is 0 Å². The fraction of sp³-hybridized carbons (Fsp3) is 0.273. The number of carboxylic acid groups (broad SMARTS) is 1. The number of halogens is 2. The Morgan fingerprint density at radius 1 is 1.29 bits per heavy atom. The lowest BCUT2D eigenvalue weighted by Gasteiger charge is -2.14. The number of carbonyl (C=O) groups excluding carboxylic acids is 1. The molecule has 0 fully saturated rings. The van der Waals surface area contributed by atoms with Gasteiger partial charge in [-0.15, -0.1) is 0 Å². The second-order valence-electron chi connectivity index (χ2n) is 4.04. The molecular formula is C11H11F2NO6S. The van der Waals surface area contributed by atoms with Crippen LogP contribution in [0.2, 0.25) is 0 Å². The maximum absolute atomic E-state index is 13.4. The van der Waals surface area contributed by atoms with Crippen molar-refractivity contribution >= 4 is 22.0 Å². The lowest BCUT2D eigenvalue weighted by atomic mass is 10.1. The smallest absolute Gasteiger partial charge is 0.326 e. The van der Waals surface area contributed by atoms with Gasteiger partial charge in [0, 0.05) is 0 Å². The molecule has 3 N–H and O–H groups in total. The van der Waals surface area contributed by atoms with Gasteiger partial charge in [0.1, 0.15) is 6.04 Å². The normalized spacial score (nSPS) is 12.7. The highest BCUT2D eigenvalue weighted by Gasteiger charge is 2.24. The quantitative estimate of drug-likeness (QED) is 0.653. The lowest BCUT2D eigenvalue weighted by molar-refractivity contribution is -0.139. The van der Waals surface area contributed by atoms with E-state index in [-0.39, 0.29) is 0 Å². The average Bonchev–Trinajstić information content (AvgIpc) is 2.36. The summed E-state index contributed by atoms with van der Waals surface area (Å²) in [4.78, 5) is 22.5. The zero-order chi connectivity index (χ0) is 16.2. The number of rotatable bonds is 6. The van der Waals surface area contributed by atoms with Crippen LogP contribution < -0.4 is 5.32 Å². The lowest BCUT2D eigenvalue weighted by Crippen LogP contribution is -2.42. The molecule has 0 aliphatic heterocycles. The predicted octanol–water partition coefficient (Wildman–Crippen LogP) is 0.426. The third-order valence-corrected chi connectivity index (χ3v) is 3.22. The molecule has 0 unspecified atom stereocenters. The van der Waals surface area contributed by atoms with Gasteiger partial charge in [-0.1, -0.05) is 6.07 Å². The van der Waals surface area contributed by atoms with Crippen molar-refractivity contribution in [1.29, 1.82) is 0 Å². The van der Waals surface area contributed by atoms with Gasteiger partial charge in [-0.05, 0) is 18.6 Å². The predicted molar refractivity (Wildman–Crippen MR) is 66.3 cm³/mol. The minimum atomic E-state index is -4.42. The summed E-state index contributed by atoms with van der Waals surface area (Å²) in [5, 5.41) is 10.7. The number of carboxylic acids is 1. The highest BCUT2D eigenvalue weighted by atomic mass is 32.2. The van der Waals surface area contributed by atoms with Crippen LogP contribution in [0.1, 0.15) is 16.8 Å². The van der Waals surface area contributed by atoms with E-state index >= 15 is 0 Å². The van der Waals surface area contributed by atoms with Gasteiger partial charge in [0.15, 0.2) is 11.6 Å². The highest BCUT2D eigenvalue weighted by Crippen LogP contribution is 2.11. The van der Waals surface area contributed by atoms with Crippen molar-refractivity contribution < 1.29 is 36.4 Å². The summed E-state index contributed by atoms with van der Waals surface area (Å²) in [7, 11) is -4.42. The number of hydrogen-bond donors (Lipinski definition) is 3. The van der Waals surface area contributed by atoms with Crippen LogP contribution in [0.25, 0.3) is 0 Å². The first-order valence-electron chi connectivity index (χ1n) is 5.54. The number of carbonyl (C=O) groups is 2. The van der Waals surface area contributed by atoms with Gasteiger partial charge in [0.05, 0.1) is 11.3 Å². The summed E-state index contributed by atoms with van der Waals surface area (Å²) in [6, 6.07) is 1.10. The monoisotopic (exact) mass is 323 g/mol. The number of aliphatic carboxylic acids is 1. The summed E-state index contributed by atoms with van der Waals surface area (Å²) in [6.07, 6.45) is -0.628. The van der Waals surface area contributed by atoms with Crippen LogP contribution in [0, 0.1) is 11.6 Å². The summed E-state index contributed by atoms with van der Waals surface area (Å²) in [6.45, 7) is 0. The number of hydrogen-bond acceptors (Lipinski definition) is 4. The average molecular weight is 323 g/mol. The number of benzene rings is 1. The van der Waals surface area contributed by atoms with Crippen molar-refractivity contribution in [3.8, 4) is 0 Å². The third-order valence-electron chi connectivity index (χ3n) is 2.46. The van der Waals surface area contributed by atoms with Crippen molar-refractivity contribution in [2.45, 2.75) is 12.5 Å². The summed E-state index contributed by atoms with van der Waals surface area (Å²) in [5.41, 5.74) is -0.715. The van der Waals surface area contributed by atoms with Crippen LogP contribution in [-0.4, -0.2) is 41.7 Å². The Labute approximate surface area is 118 Å². The van der Waals surface area contributed by atoms with Crippen LogP contribution in [0.4, 0.5) is 8.78 Å². The molecule has 116 valence electrons. The molecule has 0 saturated heterocycles. The van der Waals surface area contributed by atoms with Gasteiger partial charge in [0.2, 0.25) is 0 Å². The Bertz CT molecular complexity index is 661. The van der Waals surface area contributed by atoms with Gasteiger partial charge >= 0.3 is 5.97 Å². The molecule has 0 bridgehead atoms. The Morgan fingerprint density at radius 2 is 1.90 bits per heavy atom. The molecule has 1 rings (SSSR count). The minimum absolute atomic E-state index is 0.628. The van der Waals surface area contributed by atoms with Crippen LogP contribution in [0.3, 0.4) is 0 Å². The van der Waals surface area contributed by atoms with Gasteiger partial charge in [-0.3, -0.25) is 9.35 Å². The third kappa shape index (κ3) is 5.08. The molecule has 21 heavy (non-hydrogen) atoms. The second kappa shape index (κ2) is 6.59. The summed E-state index contributed by atoms with van der Waals surface area (Å²) < 4.78 is 56.0. The van der Waals surface area contributed by atoms with E-state index in [1.54, 1.807) is 0 Å². The fourth-order valence-electron chi connectivity index (χ4n) is 1.44. The molecule has 7 nitrogen and oxygen atoms in total. The second-order valence-corrected chi connectivity index (χ2v) is 5.61. The van der Waals surface area contributed by atoms with E-state index in [1.165, 1.54) is 0 Å². The van der Waals surface area contributed by atoms with E-state index < -0.39 is 57.4 Å². The maximum atomic E-state index is 13.4. The van der Waals surface area contributed by atoms with Gasteiger partial charge < -0.3 is 10.4 Å². The maximum Gasteiger partial charge on any atom is 0.326 e. The molecule has 10 heteroatoms. The number of nitrogens with one attached hydrogen (secondary N) is 1. The minimum Gasteiger partial charge on any atom is -0.480 e. The Kier molecular flexibility index (Phi) is 5.33. The number of amides is 1. The van der Waals surface area contributed by atoms with Crippen LogP contribution in [0.15, 0.2) is 18.2 Å². The van der Waals surface area contributed by atoms with Crippen molar-refractivity contribution in [2.24, 2.45) is 0 Å². The molecule has 0 aliphatic rings. The van der Waals surface area contributed by atoms with Gasteiger partial charge in [-0.25, -0.2) is 13.6 Å². The molecule has 1 atom stereocenters. The van der Waals surface area contributed by atoms with Crippen LogP contribution >= 0.6 is 0 Å². The molecule has 1 aromatic rings. The van der Waals surface area contributed by atoms with E-state index in [1.807, 2.05) is 5.32 Å². The Balaban J connectivity index is 2.86. The largest absolute Gasteiger partial charge is 0.480 e. The zero-order valence-corrected chi connectivity index (χ0v) is 11.2. The van der Waals surface area contributed by atoms with Crippen LogP contribution in [-0.2, 0) is 14.9 Å². The SMILES string of the molecule is O=C(N[C@@H](CCS(=O)(=O)O)C(=O)O)c1cccc(F)c1F. The zero-order valence-electron chi connectivity index (χ0n) is 10.4. The first-order chi connectivity index (χ1) is 9.61. The Morgan fingerprint density at radius 3 is 2.43 bits per heavy atom. The van der Waals surface area contributed by atoms with E-state index in [9.17, 15) is 26.8 Å². The standard InChI is InChI=1S/C11H11F2NO6S/c12-7-3-1-2-6(9(7)13)10(15)14-8(11(16)17)4-5-21(18,19)20/h1-3,8H,4-5H2,(H,14,15)(H,16,17)(H,18,19,20)/t8-/m0/s1. The van der Waals surface area contributed by atoms with Gasteiger partial charge in [-0.2, -0.15) is 8.42 Å². The molecule has 1 amide bonds. The molecule has 0 heterocycles. The fourth-order valence-corrected chi connectivity index (χ4v) is 1.97. The van der Waals surface area contributed by atoms with E-state index in [0.717, 1.165) is 18.2 Å². The molecule has 0 spiro atoms. The van der Waals surface area contributed by atoms with E-state index in [4.69, 9.17) is 9.66 Å². The molecule has 0 saturated carbocycles. The first kappa shape index (κ1) is 17.0. The van der Waals surface area contributed by atoms with E-state index in [2.05, 4.69) is 0 Å². The van der Waals surface area contributed by atoms with Crippen molar-refractivity contribution in [2.75, 3.05) is 5.75 Å². The molecule has 0 aliphatic carbocycles. The molecule has 0 radical (unpaired) electrons. The van der Waals surface area contributed by atoms with Crippen molar-refractivity contribution in [3.63, 3.8) is 0 Å². The van der Waals surface area contributed by atoms with Crippen molar-refractivity contribution in [3.05, 3.63) is 35.4 Å². The van der Waals surface area contributed by atoms with Gasteiger partial charge in [0.25, 0.3) is 16.0 Å². The van der Waals surface area contributed by atoms with Crippen molar-refractivity contribution in [1.82, 2.24) is 5.32 Å². The molecule has 1 aromatic carbocycles. The summed E-state index contributed by atoms with van der Waals surface area (Å²) >= 11 is 0. The topological polar surface area (TPSA) is 121 Å². The first-order valence-corrected chi connectivity index (χ1v) is 7.15. The molecule has 0 aromatic heterocycles. The Hall–Kier alpha value is -2.07. The molecular weight excluding hydrogens is 312 g/mol. The highest BCUT2D eigenvalue weighted by molar-refractivity contribution is 7.85. The summed E-state index contributed by atoms with van der Waals surface area (Å²) in [5.74, 6) is -6.43. The van der Waals surface area contributed by atoms with Crippen LogP contribution in [0.5, 0.6) is 0 Å².